The summed E-state index contributed by atoms with van der Waals surface area (Å²) >= 11 is 1.68. The van der Waals surface area contributed by atoms with Crippen LogP contribution in [0.2, 0.25) is 0 Å². The molecule has 0 fully saturated rings. The molecule has 5 heteroatoms. The minimum atomic E-state index is -0.0599. The maximum absolute atomic E-state index is 12.7. The molecule has 25 heavy (non-hydrogen) atoms. The summed E-state index contributed by atoms with van der Waals surface area (Å²) in [6, 6.07) is 12.0. The predicted octanol–water partition coefficient (Wildman–Crippen LogP) is 4.43. The van der Waals surface area contributed by atoms with Crippen LogP contribution in [0.4, 0.5) is 0 Å². The Morgan fingerprint density at radius 2 is 2.16 bits per heavy atom. The number of amides is 1. The van der Waals surface area contributed by atoms with Crippen molar-refractivity contribution in [2.45, 2.75) is 20.3 Å². The third-order valence-electron chi connectivity index (χ3n) is 3.95. The number of ether oxygens (including phenoxy) is 1. The summed E-state index contributed by atoms with van der Waals surface area (Å²) in [5.41, 5.74) is 3.47. The molecule has 1 aromatic carbocycles. The summed E-state index contributed by atoms with van der Waals surface area (Å²) in [5, 5.41) is 5.93. The first-order valence-electron chi connectivity index (χ1n) is 8.51. The lowest BCUT2D eigenvalue weighted by Gasteiger charge is -2.11. The Morgan fingerprint density at radius 1 is 1.28 bits per heavy atom. The molecule has 2 heterocycles. The zero-order valence-electron chi connectivity index (χ0n) is 14.5. The van der Waals surface area contributed by atoms with Crippen LogP contribution in [0.5, 0.6) is 0 Å². The molecule has 4 nitrogen and oxygen atoms in total. The highest BCUT2D eigenvalue weighted by Crippen LogP contribution is 2.32. The van der Waals surface area contributed by atoms with Crippen LogP contribution >= 0.6 is 11.3 Å². The third-order valence-corrected chi connectivity index (χ3v) is 4.86. The van der Waals surface area contributed by atoms with Gasteiger partial charge in [0.15, 0.2) is 0 Å². The number of hydrogen-bond donors (Lipinski definition) is 1. The second-order valence-corrected chi connectivity index (χ2v) is 6.74. The van der Waals surface area contributed by atoms with Crippen LogP contribution in [-0.4, -0.2) is 30.6 Å². The lowest BCUT2D eigenvalue weighted by Crippen LogP contribution is -2.25. The molecule has 3 rings (SSSR count). The van der Waals surface area contributed by atoms with Gasteiger partial charge in [0.1, 0.15) is 0 Å². The van der Waals surface area contributed by atoms with E-state index in [0.29, 0.717) is 25.3 Å². The number of pyridine rings is 1. The van der Waals surface area contributed by atoms with Gasteiger partial charge in [-0.1, -0.05) is 24.3 Å². The molecule has 0 saturated carbocycles. The van der Waals surface area contributed by atoms with Gasteiger partial charge in [-0.3, -0.25) is 9.78 Å². The minimum absolute atomic E-state index is 0.0599. The fourth-order valence-electron chi connectivity index (χ4n) is 2.81. The van der Waals surface area contributed by atoms with Crippen LogP contribution in [0.25, 0.3) is 21.3 Å². The molecule has 0 aliphatic carbocycles. The SMILES string of the molecule is CCOCCCNC(=O)c1cc(C)nc2c(-c3cccs3)cccc12. The molecular weight excluding hydrogens is 332 g/mol. The average molecular weight is 354 g/mol. The van der Waals surface area contributed by atoms with Gasteiger partial charge in [0.25, 0.3) is 5.91 Å². The van der Waals surface area contributed by atoms with Crippen molar-refractivity contribution in [2.24, 2.45) is 0 Å². The summed E-state index contributed by atoms with van der Waals surface area (Å²) in [5.74, 6) is -0.0599. The number of thiophene rings is 1. The summed E-state index contributed by atoms with van der Waals surface area (Å²) in [4.78, 5) is 18.5. The van der Waals surface area contributed by atoms with Crippen LogP contribution < -0.4 is 5.32 Å². The Balaban J connectivity index is 1.91. The van der Waals surface area contributed by atoms with Gasteiger partial charge in [-0.05, 0) is 37.8 Å². The topological polar surface area (TPSA) is 51.2 Å². The normalized spacial score (nSPS) is 11.0. The van der Waals surface area contributed by atoms with E-state index >= 15 is 0 Å². The summed E-state index contributed by atoms with van der Waals surface area (Å²) in [6.07, 6.45) is 0.808. The first-order valence-corrected chi connectivity index (χ1v) is 9.39. The van der Waals surface area contributed by atoms with Gasteiger partial charge >= 0.3 is 0 Å². The highest BCUT2D eigenvalue weighted by molar-refractivity contribution is 7.13. The fraction of sp³-hybridized carbons (Fsp3) is 0.300. The van der Waals surface area contributed by atoms with E-state index in [1.807, 2.05) is 38.1 Å². The molecule has 0 atom stereocenters. The van der Waals surface area contributed by atoms with Gasteiger partial charge in [0, 0.05) is 41.3 Å². The monoisotopic (exact) mass is 354 g/mol. The first kappa shape index (κ1) is 17.6. The van der Waals surface area contributed by atoms with Crippen LogP contribution in [0.1, 0.15) is 29.4 Å². The fourth-order valence-corrected chi connectivity index (χ4v) is 3.56. The van der Waals surface area contributed by atoms with Gasteiger partial charge in [-0.2, -0.15) is 0 Å². The number of rotatable bonds is 7. The zero-order valence-corrected chi connectivity index (χ0v) is 15.4. The molecule has 2 aromatic heterocycles. The van der Waals surface area contributed by atoms with Gasteiger partial charge in [0.2, 0.25) is 0 Å². The molecule has 0 unspecified atom stereocenters. The Hall–Kier alpha value is -2.24. The average Bonchev–Trinajstić information content (AvgIpc) is 3.14. The Morgan fingerprint density at radius 3 is 2.92 bits per heavy atom. The van der Waals surface area contributed by atoms with Crippen molar-refractivity contribution in [1.29, 1.82) is 0 Å². The molecule has 0 radical (unpaired) electrons. The Kier molecular flexibility index (Phi) is 5.79. The van der Waals surface area contributed by atoms with Crippen molar-refractivity contribution in [3.63, 3.8) is 0 Å². The number of carbonyl (C=O) groups is 1. The second-order valence-electron chi connectivity index (χ2n) is 5.80. The number of hydrogen-bond acceptors (Lipinski definition) is 4. The molecule has 0 saturated heterocycles. The lowest BCUT2D eigenvalue weighted by molar-refractivity contribution is 0.0945. The minimum Gasteiger partial charge on any atom is -0.382 e. The van der Waals surface area contributed by atoms with E-state index < -0.39 is 0 Å². The summed E-state index contributed by atoms with van der Waals surface area (Å²) in [6.45, 7) is 5.86. The van der Waals surface area contributed by atoms with Crippen LogP contribution in [-0.2, 0) is 4.74 Å². The van der Waals surface area contributed by atoms with E-state index in [2.05, 4.69) is 22.8 Å². The van der Waals surface area contributed by atoms with Crippen LogP contribution in [0.15, 0.2) is 41.8 Å². The number of para-hydroxylation sites is 1. The number of benzene rings is 1. The molecule has 3 aromatic rings. The van der Waals surface area contributed by atoms with E-state index in [0.717, 1.165) is 33.5 Å². The van der Waals surface area contributed by atoms with Gasteiger partial charge < -0.3 is 10.1 Å². The van der Waals surface area contributed by atoms with E-state index in [9.17, 15) is 4.79 Å². The van der Waals surface area contributed by atoms with E-state index in [1.165, 1.54) is 0 Å². The highest BCUT2D eigenvalue weighted by atomic mass is 32.1. The van der Waals surface area contributed by atoms with Gasteiger partial charge in [0.05, 0.1) is 11.1 Å². The van der Waals surface area contributed by atoms with Crippen molar-refractivity contribution < 1.29 is 9.53 Å². The van der Waals surface area contributed by atoms with Crippen LogP contribution in [0, 0.1) is 6.92 Å². The Labute approximate surface area is 151 Å². The molecule has 1 N–H and O–H groups in total. The molecule has 0 aliphatic heterocycles. The van der Waals surface area contributed by atoms with Gasteiger partial charge in [-0.15, -0.1) is 11.3 Å². The quantitative estimate of drug-likeness (QED) is 0.639. The van der Waals surface area contributed by atoms with E-state index in [4.69, 9.17) is 9.72 Å². The van der Waals surface area contributed by atoms with Crippen molar-refractivity contribution in [3.8, 4) is 10.4 Å². The number of aromatic nitrogens is 1. The van der Waals surface area contributed by atoms with Gasteiger partial charge in [-0.25, -0.2) is 0 Å². The van der Waals surface area contributed by atoms with Crippen molar-refractivity contribution in [3.05, 3.63) is 53.0 Å². The number of nitrogens with one attached hydrogen (secondary N) is 1. The number of fused-ring (bicyclic) bond motifs is 1. The van der Waals surface area contributed by atoms with Crippen molar-refractivity contribution >= 4 is 28.1 Å². The molecule has 130 valence electrons. The van der Waals surface area contributed by atoms with Crippen LogP contribution in [0.3, 0.4) is 0 Å². The number of nitrogens with zero attached hydrogens (tertiary/aromatic N) is 1. The number of carbonyl (C=O) groups excluding carboxylic acids is 1. The Bertz CT molecular complexity index is 860. The van der Waals surface area contributed by atoms with E-state index in [1.54, 1.807) is 11.3 Å². The maximum Gasteiger partial charge on any atom is 0.252 e. The molecule has 0 aliphatic rings. The summed E-state index contributed by atoms with van der Waals surface area (Å²) < 4.78 is 5.31. The maximum atomic E-state index is 12.7. The molecule has 0 spiro atoms. The first-order chi connectivity index (χ1) is 12.2. The third kappa shape index (κ3) is 4.06. The zero-order chi connectivity index (χ0) is 17.6. The molecular formula is C20H22N2O2S. The molecule has 0 bridgehead atoms. The standard InChI is InChI=1S/C20H22N2O2S/c1-3-24-11-6-10-21-20(23)17-13-14(2)22-19-15(17)7-4-8-16(19)18-9-5-12-25-18/h4-5,7-9,12-13H,3,6,10-11H2,1-2H3,(H,21,23). The highest BCUT2D eigenvalue weighted by Gasteiger charge is 2.14. The van der Waals surface area contributed by atoms with Crippen molar-refractivity contribution in [1.82, 2.24) is 10.3 Å². The summed E-state index contributed by atoms with van der Waals surface area (Å²) in [7, 11) is 0. The second kappa shape index (κ2) is 8.23. The van der Waals surface area contributed by atoms with E-state index in [-0.39, 0.29) is 5.91 Å². The van der Waals surface area contributed by atoms with Crippen molar-refractivity contribution in [2.75, 3.05) is 19.8 Å². The molecule has 1 amide bonds. The smallest absolute Gasteiger partial charge is 0.252 e. The largest absolute Gasteiger partial charge is 0.382 e. The number of aryl methyl sites for hydroxylation is 1. The lowest BCUT2D eigenvalue weighted by atomic mass is 10.0. The predicted molar refractivity (Wildman–Crippen MR) is 103 cm³/mol.